The van der Waals surface area contributed by atoms with Gasteiger partial charge in [0.05, 0.1) is 33.0 Å². The normalized spacial score (nSPS) is 20.8. The molecule has 2 N–H and O–H groups in total. The number of methoxy groups -OCH3 is 1. The first-order valence-electron chi connectivity index (χ1n) is 7.97. The molecule has 1 fully saturated rings. The highest BCUT2D eigenvalue weighted by Crippen LogP contribution is 2.19. The second-order valence-electron chi connectivity index (χ2n) is 5.81. The predicted octanol–water partition coefficient (Wildman–Crippen LogP) is 1.42. The zero-order valence-electron chi connectivity index (χ0n) is 13.3. The first kappa shape index (κ1) is 17.2. The van der Waals surface area contributed by atoms with E-state index in [1.807, 2.05) is 24.3 Å². The summed E-state index contributed by atoms with van der Waals surface area (Å²) < 4.78 is 10.9. The molecule has 0 saturated carbocycles. The van der Waals surface area contributed by atoms with Crippen molar-refractivity contribution < 1.29 is 19.7 Å². The van der Waals surface area contributed by atoms with Gasteiger partial charge < -0.3 is 19.7 Å². The average molecular weight is 309 g/mol. The van der Waals surface area contributed by atoms with Gasteiger partial charge >= 0.3 is 0 Å². The molecule has 0 aromatic heterocycles. The smallest absolute Gasteiger partial charge is 0.124 e. The fourth-order valence-corrected chi connectivity index (χ4v) is 2.96. The number of para-hydroxylation sites is 1. The Morgan fingerprint density at radius 2 is 2.14 bits per heavy atom. The van der Waals surface area contributed by atoms with Crippen LogP contribution in [0.3, 0.4) is 0 Å². The van der Waals surface area contributed by atoms with E-state index >= 15 is 0 Å². The molecule has 1 aromatic rings. The zero-order valence-corrected chi connectivity index (χ0v) is 13.3. The minimum atomic E-state index is -0.540. The van der Waals surface area contributed by atoms with Crippen LogP contribution in [0.1, 0.15) is 24.8 Å². The molecular weight excluding hydrogens is 282 g/mol. The maximum Gasteiger partial charge on any atom is 0.124 e. The van der Waals surface area contributed by atoms with Gasteiger partial charge in [-0.3, -0.25) is 4.90 Å². The highest BCUT2D eigenvalue weighted by molar-refractivity contribution is 5.32. The number of rotatable bonds is 8. The summed E-state index contributed by atoms with van der Waals surface area (Å²) in [5.41, 5.74) is 0.975. The van der Waals surface area contributed by atoms with E-state index in [-0.39, 0.29) is 19.3 Å². The van der Waals surface area contributed by atoms with Gasteiger partial charge in [0.15, 0.2) is 0 Å². The number of ether oxygens (including phenoxy) is 2. The third kappa shape index (κ3) is 4.95. The van der Waals surface area contributed by atoms with Gasteiger partial charge in [-0.2, -0.15) is 0 Å². The SMILES string of the molecule is COc1ccccc1COC[C@H](O)CN1CCCC[C@@H]1CO. The maximum atomic E-state index is 10.1. The quantitative estimate of drug-likeness (QED) is 0.760. The van der Waals surface area contributed by atoms with E-state index in [1.165, 1.54) is 0 Å². The van der Waals surface area contributed by atoms with E-state index in [1.54, 1.807) is 7.11 Å². The second kappa shape index (κ2) is 9.10. The van der Waals surface area contributed by atoms with Crippen molar-refractivity contribution in [3.8, 4) is 5.75 Å². The summed E-state index contributed by atoms with van der Waals surface area (Å²) in [6, 6.07) is 7.89. The molecule has 1 aromatic carbocycles. The van der Waals surface area contributed by atoms with Gasteiger partial charge in [-0.05, 0) is 25.5 Å². The van der Waals surface area contributed by atoms with Crippen LogP contribution in [0.2, 0.25) is 0 Å². The molecule has 5 heteroatoms. The first-order valence-corrected chi connectivity index (χ1v) is 7.97. The van der Waals surface area contributed by atoms with Gasteiger partial charge in [-0.25, -0.2) is 0 Å². The van der Waals surface area contributed by atoms with Gasteiger partial charge in [0.2, 0.25) is 0 Å². The Labute approximate surface area is 132 Å². The lowest BCUT2D eigenvalue weighted by Gasteiger charge is -2.35. The van der Waals surface area contributed by atoms with E-state index in [9.17, 15) is 10.2 Å². The van der Waals surface area contributed by atoms with Crippen LogP contribution in [-0.4, -0.2) is 60.7 Å². The van der Waals surface area contributed by atoms with Crippen molar-refractivity contribution in [1.82, 2.24) is 4.90 Å². The summed E-state index contributed by atoms with van der Waals surface area (Å²) in [4.78, 5) is 2.17. The molecule has 2 atom stereocenters. The first-order chi connectivity index (χ1) is 10.7. The van der Waals surface area contributed by atoms with Gasteiger partial charge in [0.1, 0.15) is 5.75 Å². The number of likely N-dealkylation sites (tertiary alicyclic amines) is 1. The number of hydrogen-bond donors (Lipinski definition) is 2. The molecule has 5 nitrogen and oxygen atoms in total. The molecule has 1 aliphatic heterocycles. The molecule has 0 bridgehead atoms. The van der Waals surface area contributed by atoms with Gasteiger partial charge in [-0.15, -0.1) is 0 Å². The van der Waals surface area contributed by atoms with Crippen LogP contribution >= 0.6 is 0 Å². The summed E-state index contributed by atoms with van der Waals surface area (Å²) in [5.74, 6) is 0.799. The predicted molar refractivity (Wildman–Crippen MR) is 85.0 cm³/mol. The van der Waals surface area contributed by atoms with Gasteiger partial charge in [0.25, 0.3) is 0 Å². The molecule has 1 heterocycles. The standard InChI is InChI=1S/C17H27NO4/c1-21-17-8-3-2-6-14(17)12-22-13-16(20)10-18-9-5-4-7-15(18)11-19/h2-3,6,8,15-16,19-20H,4-5,7,9-13H2,1H3/t15-,16-/m1/s1. The van der Waals surface area contributed by atoms with Crippen molar-refractivity contribution in [3.63, 3.8) is 0 Å². The maximum absolute atomic E-state index is 10.1. The highest BCUT2D eigenvalue weighted by atomic mass is 16.5. The summed E-state index contributed by atoms with van der Waals surface area (Å²) >= 11 is 0. The highest BCUT2D eigenvalue weighted by Gasteiger charge is 2.23. The minimum Gasteiger partial charge on any atom is -0.496 e. The van der Waals surface area contributed by atoms with E-state index in [2.05, 4.69) is 4.90 Å². The third-order valence-corrected chi connectivity index (χ3v) is 4.17. The minimum absolute atomic E-state index is 0.161. The summed E-state index contributed by atoms with van der Waals surface area (Å²) in [6.07, 6.45) is 2.75. The van der Waals surface area contributed by atoms with Crippen molar-refractivity contribution in [3.05, 3.63) is 29.8 Å². The van der Waals surface area contributed by atoms with E-state index < -0.39 is 6.10 Å². The number of nitrogens with zero attached hydrogens (tertiary/aromatic N) is 1. The summed E-state index contributed by atoms with van der Waals surface area (Å²) in [6.45, 7) is 2.36. The lowest BCUT2D eigenvalue weighted by molar-refractivity contribution is -0.0109. The molecule has 0 unspecified atom stereocenters. The molecular formula is C17H27NO4. The molecule has 1 saturated heterocycles. The van der Waals surface area contributed by atoms with Crippen LogP contribution in [0.15, 0.2) is 24.3 Å². The second-order valence-corrected chi connectivity index (χ2v) is 5.81. The number of β-amino-alcohol motifs (C(OH)–C–C–N with tert-alkyl or cyclic N) is 1. The Bertz CT molecular complexity index is 440. The topological polar surface area (TPSA) is 62.2 Å². The summed E-state index contributed by atoms with van der Waals surface area (Å²) in [5, 5.41) is 19.5. The Balaban J connectivity index is 1.74. The molecule has 124 valence electrons. The van der Waals surface area contributed by atoms with Crippen molar-refractivity contribution in [2.24, 2.45) is 0 Å². The zero-order chi connectivity index (χ0) is 15.8. The Morgan fingerprint density at radius 1 is 1.32 bits per heavy atom. The average Bonchev–Trinajstić information content (AvgIpc) is 2.55. The van der Waals surface area contributed by atoms with Crippen LogP contribution in [-0.2, 0) is 11.3 Å². The Kier molecular flexibility index (Phi) is 7.12. The van der Waals surface area contributed by atoms with Crippen LogP contribution < -0.4 is 4.74 Å². The van der Waals surface area contributed by atoms with Crippen molar-refractivity contribution in [1.29, 1.82) is 0 Å². The fourth-order valence-electron chi connectivity index (χ4n) is 2.96. The third-order valence-electron chi connectivity index (χ3n) is 4.17. The lowest BCUT2D eigenvalue weighted by Crippen LogP contribution is -2.46. The van der Waals surface area contributed by atoms with Crippen molar-refractivity contribution in [2.45, 2.75) is 38.0 Å². The van der Waals surface area contributed by atoms with Crippen LogP contribution in [0, 0.1) is 0 Å². The lowest BCUT2D eigenvalue weighted by atomic mass is 10.0. The monoisotopic (exact) mass is 309 g/mol. The van der Waals surface area contributed by atoms with Crippen molar-refractivity contribution >= 4 is 0 Å². The number of piperidine rings is 1. The fraction of sp³-hybridized carbons (Fsp3) is 0.647. The molecule has 0 amide bonds. The molecule has 1 aliphatic rings. The number of benzene rings is 1. The molecule has 0 spiro atoms. The Hall–Kier alpha value is -1.14. The van der Waals surface area contributed by atoms with Crippen LogP contribution in [0.25, 0.3) is 0 Å². The van der Waals surface area contributed by atoms with Crippen LogP contribution in [0.5, 0.6) is 5.75 Å². The number of aliphatic hydroxyl groups excluding tert-OH is 2. The molecule has 22 heavy (non-hydrogen) atoms. The molecule has 2 rings (SSSR count). The van der Waals surface area contributed by atoms with E-state index in [0.717, 1.165) is 37.1 Å². The largest absolute Gasteiger partial charge is 0.496 e. The van der Waals surface area contributed by atoms with Gasteiger partial charge in [0, 0.05) is 18.2 Å². The van der Waals surface area contributed by atoms with Crippen molar-refractivity contribution in [2.75, 3.05) is 33.4 Å². The van der Waals surface area contributed by atoms with E-state index in [4.69, 9.17) is 9.47 Å². The number of aliphatic hydroxyl groups is 2. The molecule has 0 aliphatic carbocycles. The molecule has 0 radical (unpaired) electrons. The number of hydrogen-bond acceptors (Lipinski definition) is 5. The summed E-state index contributed by atoms with van der Waals surface area (Å²) in [7, 11) is 1.64. The van der Waals surface area contributed by atoms with Gasteiger partial charge in [-0.1, -0.05) is 24.6 Å². The Morgan fingerprint density at radius 3 is 2.91 bits per heavy atom. The van der Waals surface area contributed by atoms with Crippen LogP contribution in [0.4, 0.5) is 0 Å². The van der Waals surface area contributed by atoms with E-state index in [0.29, 0.717) is 13.2 Å².